The van der Waals surface area contributed by atoms with Crippen LogP contribution in [0.3, 0.4) is 0 Å². The van der Waals surface area contributed by atoms with Crippen LogP contribution in [0.15, 0.2) is 18.3 Å². The molecular formula is C14H19N3O2S. The number of carbonyl (C=O) groups excluding carboxylic acids is 1. The first-order valence-electron chi connectivity index (χ1n) is 6.42. The van der Waals surface area contributed by atoms with Gasteiger partial charge in [0.25, 0.3) is 0 Å². The minimum Gasteiger partial charge on any atom is -0.469 e. The fourth-order valence-electron chi connectivity index (χ4n) is 1.97. The predicted molar refractivity (Wildman–Crippen MR) is 78.5 cm³/mol. The van der Waals surface area contributed by atoms with Gasteiger partial charge in [-0.05, 0) is 19.1 Å². The molecule has 0 bridgehead atoms. The van der Waals surface area contributed by atoms with E-state index in [-0.39, 0.29) is 5.97 Å². The second-order valence-electron chi connectivity index (χ2n) is 4.64. The highest BCUT2D eigenvalue weighted by Crippen LogP contribution is 2.17. The molecule has 0 saturated heterocycles. The number of esters is 1. The summed E-state index contributed by atoms with van der Waals surface area (Å²) < 4.78 is 6.49. The monoisotopic (exact) mass is 293 g/mol. The standard InChI is InChI=1S/C14H19N3O2S/c1-10-11(9-17(2)16-10)7-15-8-13-5-4-12(20-13)6-14(18)19-3/h4-5,9,15H,6-8H2,1-3H3. The fourth-order valence-corrected chi connectivity index (χ4v) is 2.94. The summed E-state index contributed by atoms with van der Waals surface area (Å²) in [5.74, 6) is -0.197. The van der Waals surface area contributed by atoms with E-state index in [1.54, 1.807) is 11.3 Å². The van der Waals surface area contributed by atoms with Gasteiger partial charge in [0, 0.05) is 41.7 Å². The van der Waals surface area contributed by atoms with Crippen LogP contribution < -0.4 is 5.32 Å². The third-order valence-corrected chi connectivity index (χ3v) is 4.08. The molecule has 0 radical (unpaired) electrons. The minimum atomic E-state index is -0.197. The summed E-state index contributed by atoms with van der Waals surface area (Å²) >= 11 is 1.64. The number of thiophene rings is 1. The van der Waals surface area contributed by atoms with Crippen LogP contribution in [0.2, 0.25) is 0 Å². The number of nitrogens with one attached hydrogen (secondary N) is 1. The summed E-state index contributed by atoms with van der Waals surface area (Å²) in [6.07, 6.45) is 2.38. The van der Waals surface area contributed by atoms with Crippen LogP contribution in [0.1, 0.15) is 21.0 Å². The molecule has 0 amide bonds. The van der Waals surface area contributed by atoms with Crippen molar-refractivity contribution in [2.45, 2.75) is 26.4 Å². The van der Waals surface area contributed by atoms with Crippen molar-refractivity contribution >= 4 is 17.3 Å². The molecule has 0 unspecified atom stereocenters. The zero-order valence-corrected chi connectivity index (χ0v) is 12.8. The van der Waals surface area contributed by atoms with Crippen molar-refractivity contribution in [1.29, 1.82) is 0 Å². The van der Waals surface area contributed by atoms with Gasteiger partial charge in [0.1, 0.15) is 0 Å². The van der Waals surface area contributed by atoms with Crippen molar-refractivity contribution in [2.24, 2.45) is 7.05 Å². The SMILES string of the molecule is COC(=O)Cc1ccc(CNCc2cn(C)nc2C)s1. The molecule has 0 aliphatic carbocycles. The lowest BCUT2D eigenvalue weighted by atomic mass is 10.2. The van der Waals surface area contributed by atoms with E-state index in [0.29, 0.717) is 6.42 Å². The van der Waals surface area contributed by atoms with Gasteiger partial charge in [0.2, 0.25) is 0 Å². The van der Waals surface area contributed by atoms with Gasteiger partial charge in [-0.15, -0.1) is 11.3 Å². The lowest BCUT2D eigenvalue weighted by Gasteiger charge is -2.01. The third kappa shape index (κ3) is 3.91. The van der Waals surface area contributed by atoms with Crippen molar-refractivity contribution in [3.63, 3.8) is 0 Å². The Morgan fingerprint density at radius 3 is 2.80 bits per heavy atom. The highest BCUT2D eigenvalue weighted by atomic mass is 32.1. The zero-order chi connectivity index (χ0) is 14.5. The van der Waals surface area contributed by atoms with Crippen molar-refractivity contribution in [3.8, 4) is 0 Å². The van der Waals surface area contributed by atoms with Crippen molar-refractivity contribution in [3.05, 3.63) is 39.3 Å². The molecule has 2 aromatic rings. The summed E-state index contributed by atoms with van der Waals surface area (Å²) in [6.45, 7) is 3.60. The molecule has 5 nitrogen and oxygen atoms in total. The van der Waals surface area contributed by atoms with Gasteiger partial charge in [-0.3, -0.25) is 9.48 Å². The molecule has 0 aromatic carbocycles. The maximum atomic E-state index is 11.2. The molecule has 0 aliphatic rings. The summed E-state index contributed by atoms with van der Waals surface area (Å²) in [5, 5.41) is 7.70. The van der Waals surface area contributed by atoms with Crippen LogP contribution in [0.25, 0.3) is 0 Å². The number of aryl methyl sites for hydroxylation is 2. The Bertz CT molecular complexity index is 589. The number of methoxy groups -OCH3 is 1. The maximum Gasteiger partial charge on any atom is 0.310 e. The van der Waals surface area contributed by atoms with E-state index in [1.165, 1.54) is 17.6 Å². The molecule has 6 heteroatoms. The average molecular weight is 293 g/mol. The van der Waals surface area contributed by atoms with E-state index in [9.17, 15) is 4.79 Å². The van der Waals surface area contributed by atoms with Crippen LogP contribution in [0, 0.1) is 6.92 Å². The molecule has 1 N–H and O–H groups in total. The summed E-state index contributed by atoms with van der Waals surface area (Å²) in [4.78, 5) is 13.4. The third-order valence-electron chi connectivity index (χ3n) is 2.99. The normalized spacial score (nSPS) is 10.8. The Labute approximate surface area is 122 Å². The molecule has 2 heterocycles. The minimum absolute atomic E-state index is 0.197. The molecule has 0 atom stereocenters. The van der Waals surface area contributed by atoms with E-state index in [4.69, 9.17) is 0 Å². The Morgan fingerprint density at radius 1 is 1.40 bits per heavy atom. The summed E-state index contributed by atoms with van der Waals surface area (Å²) in [7, 11) is 3.34. The van der Waals surface area contributed by atoms with Gasteiger partial charge in [0.15, 0.2) is 0 Å². The van der Waals surface area contributed by atoms with Crippen LogP contribution in [0.4, 0.5) is 0 Å². The second-order valence-corrected chi connectivity index (χ2v) is 5.89. The second kappa shape index (κ2) is 6.67. The number of nitrogens with zero attached hydrogens (tertiary/aromatic N) is 2. The van der Waals surface area contributed by atoms with Gasteiger partial charge < -0.3 is 10.1 Å². The van der Waals surface area contributed by atoms with Gasteiger partial charge in [0.05, 0.1) is 19.2 Å². The highest BCUT2D eigenvalue weighted by Gasteiger charge is 2.07. The first-order valence-corrected chi connectivity index (χ1v) is 7.24. The van der Waals surface area contributed by atoms with Gasteiger partial charge >= 0.3 is 5.97 Å². The van der Waals surface area contributed by atoms with Gasteiger partial charge in [-0.25, -0.2) is 0 Å². The van der Waals surface area contributed by atoms with E-state index < -0.39 is 0 Å². The number of hydrogen-bond acceptors (Lipinski definition) is 5. The Kier molecular flexibility index (Phi) is 4.92. The molecule has 108 valence electrons. The Morgan fingerprint density at radius 2 is 2.15 bits per heavy atom. The average Bonchev–Trinajstić information content (AvgIpc) is 2.97. The number of rotatable bonds is 6. The highest BCUT2D eigenvalue weighted by molar-refractivity contribution is 7.12. The molecular weight excluding hydrogens is 274 g/mol. The number of carbonyl (C=O) groups is 1. The Balaban J connectivity index is 1.82. The fraction of sp³-hybridized carbons (Fsp3) is 0.429. The van der Waals surface area contributed by atoms with Crippen molar-refractivity contribution in [1.82, 2.24) is 15.1 Å². The van der Waals surface area contributed by atoms with E-state index in [1.807, 2.05) is 37.0 Å². The van der Waals surface area contributed by atoms with Crippen LogP contribution in [0.5, 0.6) is 0 Å². The quantitative estimate of drug-likeness (QED) is 0.825. The van der Waals surface area contributed by atoms with E-state index in [0.717, 1.165) is 23.7 Å². The van der Waals surface area contributed by atoms with Gasteiger partial charge in [-0.1, -0.05) is 0 Å². The van der Waals surface area contributed by atoms with Gasteiger partial charge in [-0.2, -0.15) is 5.10 Å². The van der Waals surface area contributed by atoms with E-state index in [2.05, 4.69) is 15.2 Å². The summed E-state index contributed by atoms with van der Waals surface area (Å²) in [6, 6.07) is 4.03. The number of ether oxygens (including phenoxy) is 1. The molecule has 2 rings (SSSR count). The molecule has 0 saturated carbocycles. The molecule has 0 spiro atoms. The van der Waals surface area contributed by atoms with Crippen molar-refractivity contribution in [2.75, 3.05) is 7.11 Å². The lowest BCUT2D eigenvalue weighted by molar-refractivity contribution is -0.139. The maximum absolute atomic E-state index is 11.2. The molecule has 2 aromatic heterocycles. The van der Waals surface area contributed by atoms with Crippen LogP contribution >= 0.6 is 11.3 Å². The molecule has 20 heavy (non-hydrogen) atoms. The van der Waals surface area contributed by atoms with E-state index >= 15 is 0 Å². The van der Waals surface area contributed by atoms with Crippen LogP contribution in [-0.2, 0) is 36.1 Å². The largest absolute Gasteiger partial charge is 0.469 e. The van der Waals surface area contributed by atoms with Crippen molar-refractivity contribution < 1.29 is 9.53 Å². The molecule has 0 aliphatic heterocycles. The van der Waals surface area contributed by atoms with Crippen LogP contribution in [-0.4, -0.2) is 22.9 Å². The topological polar surface area (TPSA) is 56.1 Å². The zero-order valence-electron chi connectivity index (χ0n) is 12.0. The first kappa shape index (κ1) is 14.7. The number of aromatic nitrogens is 2. The predicted octanol–water partition coefficient (Wildman–Crippen LogP) is 1.80. The first-order chi connectivity index (χ1) is 9.58. The lowest BCUT2D eigenvalue weighted by Crippen LogP contribution is -2.11. The summed E-state index contributed by atoms with van der Waals surface area (Å²) in [5.41, 5.74) is 2.26. The Hall–Kier alpha value is -1.66. The number of hydrogen-bond donors (Lipinski definition) is 1. The smallest absolute Gasteiger partial charge is 0.310 e. The molecule has 0 fully saturated rings.